The van der Waals surface area contributed by atoms with Crippen LogP contribution in [0.5, 0.6) is 0 Å². The van der Waals surface area contributed by atoms with Gasteiger partial charge in [-0.3, -0.25) is 0 Å². The van der Waals surface area contributed by atoms with Crippen LogP contribution in [-0.4, -0.2) is 9.97 Å². The number of nitrogens with zero attached hydrogens (tertiary/aromatic N) is 2. The van der Waals surface area contributed by atoms with Gasteiger partial charge in [-0.2, -0.15) is 0 Å². The summed E-state index contributed by atoms with van der Waals surface area (Å²) in [5.74, 6) is 0.313. The van der Waals surface area contributed by atoms with Crippen molar-refractivity contribution >= 4 is 21.9 Å². The van der Waals surface area contributed by atoms with E-state index < -0.39 is 0 Å². The van der Waals surface area contributed by atoms with Crippen LogP contribution in [0.4, 0.5) is 5.95 Å². The molecule has 1 aromatic carbocycles. The van der Waals surface area contributed by atoms with Gasteiger partial charge in [0.1, 0.15) is 0 Å². The molecule has 0 atom stereocenters. The Kier molecular flexibility index (Phi) is 2.68. The highest BCUT2D eigenvalue weighted by molar-refractivity contribution is 9.10. The van der Waals surface area contributed by atoms with Crippen LogP contribution in [0.25, 0.3) is 11.3 Å². The molecule has 2 N–H and O–H groups in total. The molecule has 4 heteroatoms. The fourth-order valence-electron chi connectivity index (χ4n) is 1.36. The first-order chi connectivity index (χ1) is 7.15. The highest BCUT2D eigenvalue weighted by Crippen LogP contribution is 2.20. The van der Waals surface area contributed by atoms with Crippen LogP contribution in [0, 0.1) is 6.92 Å². The Labute approximate surface area is 96.5 Å². The second-order valence-corrected chi connectivity index (χ2v) is 4.18. The number of nitrogen functional groups attached to an aromatic ring is 1. The zero-order valence-electron chi connectivity index (χ0n) is 8.24. The number of aryl methyl sites for hydroxylation is 1. The lowest BCUT2D eigenvalue weighted by atomic mass is 10.1. The summed E-state index contributed by atoms with van der Waals surface area (Å²) >= 11 is 3.39. The van der Waals surface area contributed by atoms with E-state index >= 15 is 0 Å². The molecule has 0 saturated carbocycles. The summed E-state index contributed by atoms with van der Waals surface area (Å²) in [5.41, 5.74) is 8.36. The van der Waals surface area contributed by atoms with Gasteiger partial charge in [-0.05, 0) is 25.1 Å². The molecule has 15 heavy (non-hydrogen) atoms. The zero-order chi connectivity index (χ0) is 10.8. The first kappa shape index (κ1) is 10.1. The predicted molar refractivity (Wildman–Crippen MR) is 64.3 cm³/mol. The highest BCUT2D eigenvalue weighted by Gasteiger charge is 2.02. The standard InChI is InChI=1S/C11H10BrN3/c1-7-6-10(15-11(13)14-7)8-2-4-9(12)5-3-8/h2-6H,1H3,(H2,13,14,15). The number of anilines is 1. The van der Waals surface area contributed by atoms with Crippen molar-refractivity contribution in [2.24, 2.45) is 0 Å². The third-order valence-electron chi connectivity index (χ3n) is 2.01. The summed E-state index contributed by atoms with van der Waals surface area (Å²) in [6.45, 7) is 1.90. The molecule has 0 bridgehead atoms. The lowest BCUT2D eigenvalue weighted by molar-refractivity contribution is 1.12. The largest absolute Gasteiger partial charge is 0.368 e. The van der Waals surface area contributed by atoms with E-state index in [1.807, 2.05) is 37.3 Å². The van der Waals surface area contributed by atoms with Crippen molar-refractivity contribution in [3.63, 3.8) is 0 Å². The van der Waals surface area contributed by atoms with Gasteiger partial charge in [0.25, 0.3) is 0 Å². The second-order valence-electron chi connectivity index (χ2n) is 3.26. The zero-order valence-corrected chi connectivity index (χ0v) is 9.82. The molecular weight excluding hydrogens is 254 g/mol. The third-order valence-corrected chi connectivity index (χ3v) is 2.54. The maximum Gasteiger partial charge on any atom is 0.220 e. The Morgan fingerprint density at radius 3 is 2.40 bits per heavy atom. The molecule has 1 heterocycles. The molecule has 76 valence electrons. The minimum atomic E-state index is 0.313. The SMILES string of the molecule is Cc1cc(-c2ccc(Br)cc2)nc(N)n1. The molecule has 0 aliphatic heterocycles. The Morgan fingerprint density at radius 1 is 1.13 bits per heavy atom. The van der Waals surface area contributed by atoms with Gasteiger partial charge in [-0.1, -0.05) is 28.1 Å². The van der Waals surface area contributed by atoms with Crippen molar-refractivity contribution in [1.82, 2.24) is 9.97 Å². The van der Waals surface area contributed by atoms with Gasteiger partial charge < -0.3 is 5.73 Å². The normalized spacial score (nSPS) is 10.3. The van der Waals surface area contributed by atoms with Gasteiger partial charge in [0, 0.05) is 15.7 Å². The fourth-order valence-corrected chi connectivity index (χ4v) is 1.62. The van der Waals surface area contributed by atoms with E-state index in [4.69, 9.17) is 5.73 Å². The van der Waals surface area contributed by atoms with Crippen LogP contribution in [0.2, 0.25) is 0 Å². The van der Waals surface area contributed by atoms with Crippen molar-refractivity contribution in [1.29, 1.82) is 0 Å². The molecule has 0 aliphatic carbocycles. The summed E-state index contributed by atoms with van der Waals surface area (Å²) in [6, 6.07) is 9.85. The van der Waals surface area contributed by atoms with Crippen LogP contribution in [-0.2, 0) is 0 Å². The first-order valence-electron chi connectivity index (χ1n) is 4.52. The van der Waals surface area contributed by atoms with Gasteiger partial charge in [-0.15, -0.1) is 0 Å². The smallest absolute Gasteiger partial charge is 0.220 e. The fraction of sp³-hybridized carbons (Fsp3) is 0.0909. The summed E-state index contributed by atoms with van der Waals surface area (Å²) in [5, 5.41) is 0. The average molecular weight is 264 g/mol. The number of hydrogen-bond acceptors (Lipinski definition) is 3. The van der Waals surface area contributed by atoms with Gasteiger partial charge >= 0.3 is 0 Å². The Morgan fingerprint density at radius 2 is 1.80 bits per heavy atom. The Balaban J connectivity index is 2.49. The van der Waals surface area contributed by atoms with Crippen LogP contribution in [0.15, 0.2) is 34.8 Å². The molecule has 0 amide bonds. The molecule has 0 radical (unpaired) electrons. The molecule has 1 aromatic heterocycles. The van der Waals surface area contributed by atoms with Crippen LogP contribution in [0.3, 0.4) is 0 Å². The molecule has 0 saturated heterocycles. The van der Waals surface area contributed by atoms with Crippen molar-refractivity contribution in [3.05, 3.63) is 40.5 Å². The van der Waals surface area contributed by atoms with E-state index in [1.165, 1.54) is 0 Å². The van der Waals surface area contributed by atoms with E-state index in [9.17, 15) is 0 Å². The van der Waals surface area contributed by atoms with Crippen LogP contribution >= 0.6 is 15.9 Å². The minimum absolute atomic E-state index is 0.313. The van der Waals surface area contributed by atoms with Gasteiger partial charge in [-0.25, -0.2) is 9.97 Å². The lowest BCUT2D eigenvalue weighted by Crippen LogP contribution is -1.98. The monoisotopic (exact) mass is 263 g/mol. The molecule has 0 fully saturated rings. The number of hydrogen-bond donors (Lipinski definition) is 1. The topological polar surface area (TPSA) is 51.8 Å². The van der Waals surface area contributed by atoms with Crippen molar-refractivity contribution < 1.29 is 0 Å². The van der Waals surface area contributed by atoms with E-state index in [2.05, 4.69) is 25.9 Å². The van der Waals surface area contributed by atoms with Crippen molar-refractivity contribution in [3.8, 4) is 11.3 Å². The molecule has 0 spiro atoms. The molecular formula is C11H10BrN3. The molecule has 0 aliphatic rings. The van der Waals surface area contributed by atoms with Crippen LogP contribution in [0.1, 0.15) is 5.69 Å². The molecule has 2 aromatic rings. The van der Waals surface area contributed by atoms with E-state index in [0.717, 1.165) is 21.4 Å². The first-order valence-corrected chi connectivity index (χ1v) is 5.31. The van der Waals surface area contributed by atoms with E-state index in [0.29, 0.717) is 5.95 Å². The van der Waals surface area contributed by atoms with E-state index in [1.54, 1.807) is 0 Å². The highest BCUT2D eigenvalue weighted by atomic mass is 79.9. The van der Waals surface area contributed by atoms with Gasteiger partial charge in [0.15, 0.2) is 0 Å². The number of aromatic nitrogens is 2. The second kappa shape index (κ2) is 3.98. The van der Waals surface area contributed by atoms with Crippen molar-refractivity contribution in [2.45, 2.75) is 6.92 Å². The molecule has 0 unspecified atom stereocenters. The maximum absolute atomic E-state index is 5.60. The number of nitrogens with two attached hydrogens (primary N) is 1. The molecule has 3 nitrogen and oxygen atoms in total. The quantitative estimate of drug-likeness (QED) is 0.861. The Hall–Kier alpha value is -1.42. The summed E-state index contributed by atoms with van der Waals surface area (Å²) in [7, 11) is 0. The van der Waals surface area contributed by atoms with Crippen LogP contribution < -0.4 is 5.73 Å². The van der Waals surface area contributed by atoms with Gasteiger partial charge in [0.2, 0.25) is 5.95 Å². The third kappa shape index (κ3) is 2.33. The van der Waals surface area contributed by atoms with E-state index in [-0.39, 0.29) is 0 Å². The summed E-state index contributed by atoms with van der Waals surface area (Å²) in [4.78, 5) is 8.22. The molecule has 2 rings (SSSR count). The Bertz CT molecular complexity index is 459. The minimum Gasteiger partial charge on any atom is -0.368 e. The summed E-state index contributed by atoms with van der Waals surface area (Å²) < 4.78 is 1.05. The number of benzene rings is 1. The number of halogens is 1. The lowest BCUT2D eigenvalue weighted by Gasteiger charge is -2.03. The summed E-state index contributed by atoms with van der Waals surface area (Å²) in [6.07, 6.45) is 0. The maximum atomic E-state index is 5.60. The predicted octanol–water partition coefficient (Wildman–Crippen LogP) is 2.80. The number of rotatable bonds is 1. The van der Waals surface area contributed by atoms with Crippen molar-refractivity contribution in [2.75, 3.05) is 5.73 Å². The average Bonchev–Trinajstić information content (AvgIpc) is 2.17. The van der Waals surface area contributed by atoms with Gasteiger partial charge in [0.05, 0.1) is 5.69 Å².